The summed E-state index contributed by atoms with van der Waals surface area (Å²) in [6.45, 7) is 3.96. The first-order valence-corrected chi connectivity index (χ1v) is 7.25. The molecular weight excluding hydrogens is 238 g/mol. The number of hydrogen-bond acceptors (Lipinski definition) is 3. The molecule has 1 saturated carbocycles. The third-order valence-corrected chi connectivity index (χ3v) is 3.90. The molecule has 3 rings (SSSR count). The highest BCUT2D eigenvalue weighted by atomic mass is 16.2. The second-order valence-corrected chi connectivity index (χ2v) is 5.82. The molecule has 0 spiro atoms. The number of carbonyl (C=O) groups excluding carboxylic acids is 1. The fraction of sp³-hybridized carbons (Fsp3) is 0.600. The quantitative estimate of drug-likeness (QED) is 0.907. The lowest BCUT2D eigenvalue weighted by molar-refractivity contribution is 0.0683. The highest BCUT2D eigenvalue weighted by molar-refractivity contribution is 5.98. The normalized spacial score (nSPS) is 23.2. The number of aromatic nitrogens is 1. The van der Waals surface area contributed by atoms with E-state index in [1.807, 2.05) is 17.0 Å². The SMILES string of the molecule is CC1CCCN(C(=O)c2cccnc2NC2CC2)C1. The summed E-state index contributed by atoms with van der Waals surface area (Å²) in [5.41, 5.74) is 0.725. The zero-order chi connectivity index (χ0) is 13.2. The molecule has 4 heteroatoms. The Balaban J connectivity index is 1.78. The van der Waals surface area contributed by atoms with Gasteiger partial charge in [0, 0.05) is 25.3 Å². The highest BCUT2D eigenvalue weighted by Crippen LogP contribution is 2.26. The van der Waals surface area contributed by atoms with Gasteiger partial charge in [0.15, 0.2) is 0 Å². The number of pyridine rings is 1. The monoisotopic (exact) mass is 259 g/mol. The van der Waals surface area contributed by atoms with Crippen LogP contribution in [0.5, 0.6) is 0 Å². The molecule has 1 amide bonds. The molecular formula is C15H21N3O. The number of piperidine rings is 1. The number of nitrogens with zero attached hydrogens (tertiary/aromatic N) is 2. The Morgan fingerprint density at radius 1 is 1.42 bits per heavy atom. The van der Waals surface area contributed by atoms with Gasteiger partial charge in [-0.1, -0.05) is 6.92 Å². The molecule has 1 aromatic heterocycles. The number of anilines is 1. The Hall–Kier alpha value is -1.58. The van der Waals surface area contributed by atoms with Crippen molar-refractivity contribution in [1.29, 1.82) is 0 Å². The van der Waals surface area contributed by atoms with Gasteiger partial charge in [0.25, 0.3) is 5.91 Å². The zero-order valence-corrected chi connectivity index (χ0v) is 11.4. The van der Waals surface area contributed by atoms with Crippen molar-refractivity contribution in [3.05, 3.63) is 23.9 Å². The van der Waals surface area contributed by atoms with Crippen molar-refractivity contribution in [2.45, 2.75) is 38.6 Å². The molecule has 0 bridgehead atoms. The van der Waals surface area contributed by atoms with Gasteiger partial charge in [-0.15, -0.1) is 0 Å². The van der Waals surface area contributed by atoms with E-state index in [1.165, 1.54) is 19.3 Å². The molecule has 0 aromatic carbocycles. The first kappa shape index (κ1) is 12.5. The van der Waals surface area contributed by atoms with E-state index in [2.05, 4.69) is 17.2 Å². The van der Waals surface area contributed by atoms with Crippen LogP contribution in [0, 0.1) is 5.92 Å². The van der Waals surface area contributed by atoms with Crippen molar-refractivity contribution in [2.24, 2.45) is 5.92 Å². The third-order valence-electron chi connectivity index (χ3n) is 3.90. The number of nitrogens with one attached hydrogen (secondary N) is 1. The van der Waals surface area contributed by atoms with Crippen LogP contribution in [0.2, 0.25) is 0 Å². The van der Waals surface area contributed by atoms with E-state index in [4.69, 9.17) is 0 Å². The van der Waals surface area contributed by atoms with Gasteiger partial charge in [-0.3, -0.25) is 4.79 Å². The number of likely N-dealkylation sites (tertiary alicyclic amines) is 1. The summed E-state index contributed by atoms with van der Waals surface area (Å²) >= 11 is 0. The van der Waals surface area contributed by atoms with E-state index in [1.54, 1.807) is 6.20 Å². The lowest BCUT2D eigenvalue weighted by Crippen LogP contribution is -2.39. The van der Waals surface area contributed by atoms with Crippen LogP contribution in [0.3, 0.4) is 0 Å². The molecule has 1 saturated heterocycles. The summed E-state index contributed by atoms with van der Waals surface area (Å²) in [6.07, 6.45) is 6.46. The standard InChI is InChI=1S/C15H21N3O/c1-11-4-3-9-18(10-11)15(19)13-5-2-8-16-14(13)17-12-6-7-12/h2,5,8,11-12H,3-4,6-7,9-10H2,1H3,(H,16,17). The smallest absolute Gasteiger partial charge is 0.257 e. The largest absolute Gasteiger partial charge is 0.367 e. The van der Waals surface area contributed by atoms with Crippen molar-refractivity contribution in [3.8, 4) is 0 Å². The van der Waals surface area contributed by atoms with Crippen LogP contribution in [-0.4, -0.2) is 34.9 Å². The maximum atomic E-state index is 12.6. The second-order valence-electron chi connectivity index (χ2n) is 5.82. The van der Waals surface area contributed by atoms with Crippen LogP contribution < -0.4 is 5.32 Å². The lowest BCUT2D eigenvalue weighted by atomic mass is 9.99. The van der Waals surface area contributed by atoms with E-state index >= 15 is 0 Å². The molecule has 1 unspecified atom stereocenters. The Kier molecular flexibility index (Phi) is 3.40. The topological polar surface area (TPSA) is 45.2 Å². The fourth-order valence-electron chi connectivity index (χ4n) is 2.66. The molecule has 1 aliphatic carbocycles. The van der Waals surface area contributed by atoms with Gasteiger partial charge in [-0.2, -0.15) is 0 Å². The number of rotatable bonds is 3. The Labute approximate surface area is 114 Å². The number of hydrogen-bond donors (Lipinski definition) is 1. The van der Waals surface area contributed by atoms with Crippen molar-refractivity contribution >= 4 is 11.7 Å². The molecule has 102 valence electrons. The minimum absolute atomic E-state index is 0.128. The van der Waals surface area contributed by atoms with E-state index in [-0.39, 0.29) is 5.91 Å². The van der Waals surface area contributed by atoms with Crippen molar-refractivity contribution in [2.75, 3.05) is 18.4 Å². The molecule has 2 fully saturated rings. The molecule has 1 N–H and O–H groups in total. The van der Waals surface area contributed by atoms with Gasteiger partial charge in [0.2, 0.25) is 0 Å². The van der Waals surface area contributed by atoms with Crippen LogP contribution in [0.15, 0.2) is 18.3 Å². The summed E-state index contributed by atoms with van der Waals surface area (Å²) in [6, 6.07) is 4.25. The minimum atomic E-state index is 0.128. The summed E-state index contributed by atoms with van der Waals surface area (Å²) < 4.78 is 0. The van der Waals surface area contributed by atoms with Crippen LogP contribution in [0.1, 0.15) is 43.0 Å². The van der Waals surface area contributed by atoms with Gasteiger partial charge in [-0.05, 0) is 43.7 Å². The molecule has 2 heterocycles. The van der Waals surface area contributed by atoms with Crippen LogP contribution in [0.4, 0.5) is 5.82 Å². The number of amides is 1. The Morgan fingerprint density at radius 3 is 3.00 bits per heavy atom. The molecule has 0 radical (unpaired) electrons. The summed E-state index contributed by atoms with van der Waals surface area (Å²) in [7, 11) is 0. The third kappa shape index (κ3) is 2.88. The van der Waals surface area contributed by atoms with E-state index < -0.39 is 0 Å². The first-order valence-electron chi connectivity index (χ1n) is 7.25. The second kappa shape index (κ2) is 5.19. The summed E-state index contributed by atoms with van der Waals surface area (Å²) in [5.74, 6) is 1.49. The Morgan fingerprint density at radius 2 is 2.26 bits per heavy atom. The summed E-state index contributed by atoms with van der Waals surface area (Å²) in [5, 5.41) is 3.36. The van der Waals surface area contributed by atoms with Crippen molar-refractivity contribution in [1.82, 2.24) is 9.88 Å². The molecule has 4 nitrogen and oxygen atoms in total. The number of carbonyl (C=O) groups is 1. The summed E-state index contributed by atoms with van der Waals surface area (Å²) in [4.78, 5) is 18.9. The van der Waals surface area contributed by atoms with E-state index in [0.717, 1.165) is 30.9 Å². The Bertz CT molecular complexity index is 470. The fourth-order valence-corrected chi connectivity index (χ4v) is 2.66. The van der Waals surface area contributed by atoms with Gasteiger partial charge >= 0.3 is 0 Å². The molecule has 1 atom stereocenters. The van der Waals surface area contributed by atoms with Gasteiger partial charge < -0.3 is 10.2 Å². The van der Waals surface area contributed by atoms with Gasteiger partial charge in [0.1, 0.15) is 5.82 Å². The average molecular weight is 259 g/mol. The predicted octanol–water partition coefficient (Wildman–Crippen LogP) is 2.53. The molecule has 19 heavy (non-hydrogen) atoms. The highest BCUT2D eigenvalue weighted by Gasteiger charge is 2.27. The predicted molar refractivity (Wildman–Crippen MR) is 75.2 cm³/mol. The van der Waals surface area contributed by atoms with Crippen molar-refractivity contribution < 1.29 is 4.79 Å². The van der Waals surface area contributed by atoms with Crippen LogP contribution in [-0.2, 0) is 0 Å². The maximum Gasteiger partial charge on any atom is 0.257 e. The zero-order valence-electron chi connectivity index (χ0n) is 11.4. The molecule has 1 aliphatic heterocycles. The molecule has 2 aliphatic rings. The van der Waals surface area contributed by atoms with Crippen LogP contribution in [0.25, 0.3) is 0 Å². The van der Waals surface area contributed by atoms with Crippen molar-refractivity contribution in [3.63, 3.8) is 0 Å². The lowest BCUT2D eigenvalue weighted by Gasteiger charge is -2.31. The average Bonchev–Trinajstić information content (AvgIpc) is 3.23. The first-order chi connectivity index (χ1) is 9.24. The van der Waals surface area contributed by atoms with Gasteiger partial charge in [-0.25, -0.2) is 4.98 Å². The van der Waals surface area contributed by atoms with E-state index in [9.17, 15) is 4.79 Å². The molecule has 1 aromatic rings. The minimum Gasteiger partial charge on any atom is -0.367 e. The van der Waals surface area contributed by atoms with Gasteiger partial charge in [0.05, 0.1) is 5.56 Å². The maximum absolute atomic E-state index is 12.6. The van der Waals surface area contributed by atoms with Crippen LogP contribution >= 0.6 is 0 Å². The van der Waals surface area contributed by atoms with E-state index in [0.29, 0.717) is 12.0 Å².